The van der Waals surface area contributed by atoms with Crippen molar-refractivity contribution >= 4 is 33.2 Å². The molecule has 172 valence electrons. The second-order valence-corrected chi connectivity index (χ2v) is 8.95. The van der Waals surface area contributed by atoms with E-state index in [-0.39, 0.29) is 33.8 Å². The number of nitrogens with one attached hydrogen (secondary N) is 3. The Morgan fingerprint density at radius 2 is 1.61 bits per heavy atom. The number of sulfonamides is 1. The molecule has 0 aliphatic carbocycles. The van der Waals surface area contributed by atoms with Gasteiger partial charge in [0.15, 0.2) is 0 Å². The zero-order valence-electron chi connectivity index (χ0n) is 18.5. The van der Waals surface area contributed by atoms with Crippen molar-refractivity contribution in [3.05, 3.63) is 83.9 Å². The van der Waals surface area contributed by atoms with Gasteiger partial charge in [-0.25, -0.2) is 8.42 Å². The topological polar surface area (TPSA) is 114 Å². The third-order valence-electron chi connectivity index (χ3n) is 4.84. The first-order valence-corrected chi connectivity index (χ1v) is 11.6. The number of benzene rings is 3. The van der Waals surface area contributed by atoms with Crippen LogP contribution in [0.25, 0.3) is 0 Å². The summed E-state index contributed by atoms with van der Waals surface area (Å²) in [5.74, 6) is -0.675. The van der Waals surface area contributed by atoms with Gasteiger partial charge in [-0.05, 0) is 42.8 Å². The normalized spacial score (nSPS) is 11.8. The predicted molar refractivity (Wildman–Crippen MR) is 127 cm³/mol. The Balaban J connectivity index is 1.90. The number of carbonyl (C=O) groups is 2. The molecule has 0 heterocycles. The molecule has 3 aromatic carbocycles. The standard InChI is InChI=1S/C24H25N3O5S/c1-16(18-9-5-4-6-10-18)25-24(29)20-11-7-8-12-21(20)27-33(30,31)23-15-19(26-17(2)28)13-14-22(23)32-3/h4-16,27H,1-3H3,(H,25,29)(H,26,28)/t16-/m1/s1. The van der Waals surface area contributed by atoms with Crippen LogP contribution in [0.4, 0.5) is 11.4 Å². The smallest absolute Gasteiger partial charge is 0.265 e. The number of hydrogen-bond donors (Lipinski definition) is 3. The first-order valence-electron chi connectivity index (χ1n) is 10.1. The van der Waals surface area contributed by atoms with E-state index in [0.717, 1.165) is 5.56 Å². The van der Waals surface area contributed by atoms with E-state index in [1.807, 2.05) is 37.3 Å². The van der Waals surface area contributed by atoms with Gasteiger partial charge in [-0.1, -0.05) is 42.5 Å². The monoisotopic (exact) mass is 467 g/mol. The van der Waals surface area contributed by atoms with Gasteiger partial charge in [-0.15, -0.1) is 0 Å². The highest BCUT2D eigenvalue weighted by Gasteiger charge is 2.23. The number of ether oxygens (including phenoxy) is 1. The fourth-order valence-corrected chi connectivity index (χ4v) is 4.51. The minimum Gasteiger partial charge on any atom is -0.495 e. The molecule has 0 spiro atoms. The lowest BCUT2D eigenvalue weighted by Crippen LogP contribution is -2.28. The average Bonchev–Trinajstić information content (AvgIpc) is 2.79. The molecule has 0 aromatic heterocycles. The highest BCUT2D eigenvalue weighted by atomic mass is 32.2. The van der Waals surface area contributed by atoms with Crippen molar-refractivity contribution < 1.29 is 22.7 Å². The van der Waals surface area contributed by atoms with E-state index >= 15 is 0 Å². The molecule has 0 aliphatic rings. The molecule has 0 aliphatic heterocycles. The largest absolute Gasteiger partial charge is 0.495 e. The summed E-state index contributed by atoms with van der Waals surface area (Å²) in [6.07, 6.45) is 0. The Morgan fingerprint density at radius 1 is 0.939 bits per heavy atom. The molecule has 0 unspecified atom stereocenters. The predicted octanol–water partition coefficient (Wildman–Crippen LogP) is 3.95. The molecule has 0 bridgehead atoms. The third kappa shape index (κ3) is 5.89. The van der Waals surface area contributed by atoms with E-state index in [4.69, 9.17) is 4.74 Å². The Morgan fingerprint density at radius 3 is 2.27 bits per heavy atom. The summed E-state index contributed by atoms with van der Waals surface area (Å²) < 4.78 is 34.1. The lowest BCUT2D eigenvalue weighted by atomic mass is 10.1. The molecular weight excluding hydrogens is 442 g/mol. The first kappa shape index (κ1) is 23.8. The number of para-hydroxylation sites is 1. The van der Waals surface area contributed by atoms with Gasteiger partial charge in [0.05, 0.1) is 24.4 Å². The van der Waals surface area contributed by atoms with Crippen molar-refractivity contribution in [2.45, 2.75) is 24.8 Å². The van der Waals surface area contributed by atoms with Crippen LogP contribution < -0.4 is 20.1 Å². The maximum atomic E-state index is 13.2. The summed E-state index contributed by atoms with van der Waals surface area (Å²) in [4.78, 5) is 24.2. The highest BCUT2D eigenvalue weighted by Crippen LogP contribution is 2.30. The molecule has 8 nitrogen and oxygen atoms in total. The summed E-state index contributed by atoms with van der Waals surface area (Å²) in [6.45, 7) is 3.17. The Hall–Kier alpha value is -3.85. The molecule has 33 heavy (non-hydrogen) atoms. The summed E-state index contributed by atoms with van der Waals surface area (Å²) >= 11 is 0. The lowest BCUT2D eigenvalue weighted by molar-refractivity contribution is -0.114. The van der Waals surface area contributed by atoms with Crippen LogP contribution in [-0.2, 0) is 14.8 Å². The minimum absolute atomic E-state index is 0.0937. The Bertz CT molecular complexity index is 1260. The maximum absolute atomic E-state index is 13.2. The molecule has 3 rings (SSSR count). The quantitative estimate of drug-likeness (QED) is 0.464. The number of hydrogen-bond acceptors (Lipinski definition) is 5. The van der Waals surface area contributed by atoms with Gasteiger partial charge in [0.25, 0.3) is 15.9 Å². The summed E-state index contributed by atoms with van der Waals surface area (Å²) in [5, 5.41) is 5.43. The van der Waals surface area contributed by atoms with Crippen LogP contribution in [0.5, 0.6) is 5.75 Å². The van der Waals surface area contributed by atoms with Crippen LogP contribution >= 0.6 is 0 Å². The SMILES string of the molecule is COc1ccc(NC(C)=O)cc1S(=O)(=O)Nc1ccccc1C(=O)N[C@H](C)c1ccccc1. The zero-order chi connectivity index (χ0) is 24.0. The Kier molecular flexibility index (Phi) is 7.34. The van der Waals surface area contributed by atoms with E-state index in [1.165, 1.54) is 44.4 Å². The first-order chi connectivity index (χ1) is 15.7. The zero-order valence-corrected chi connectivity index (χ0v) is 19.3. The number of rotatable bonds is 8. The van der Waals surface area contributed by atoms with Crippen LogP contribution in [0.2, 0.25) is 0 Å². The van der Waals surface area contributed by atoms with Crippen molar-refractivity contribution in [2.75, 3.05) is 17.1 Å². The van der Waals surface area contributed by atoms with E-state index in [1.54, 1.807) is 12.1 Å². The molecule has 0 fully saturated rings. The number of methoxy groups -OCH3 is 1. The lowest BCUT2D eigenvalue weighted by Gasteiger charge is -2.17. The van der Waals surface area contributed by atoms with Gasteiger partial charge in [0.2, 0.25) is 5.91 Å². The van der Waals surface area contributed by atoms with Gasteiger partial charge < -0.3 is 15.4 Å². The maximum Gasteiger partial charge on any atom is 0.265 e. The number of anilines is 2. The molecule has 0 saturated carbocycles. The van der Waals surface area contributed by atoms with Gasteiger partial charge in [-0.3, -0.25) is 14.3 Å². The second-order valence-electron chi connectivity index (χ2n) is 7.30. The van der Waals surface area contributed by atoms with Crippen molar-refractivity contribution in [3.63, 3.8) is 0 Å². The molecule has 2 amide bonds. The van der Waals surface area contributed by atoms with Crippen LogP contribution in [0, 0.1) is 0 Å². The fraction of sp³-hybridized carbons (Fsp3) is 0.167. The molecule has 3 N–H and O–H groups in total. The van der Waals surface area contributed by atoms with Gasteiger partial charge >= 0.3 is 0 Å². The summed E-state index contributed by atoms with van der Waals surface area (Å²) in [5.41, 5.74) is 1.50. The number of carbonyl (C=O) groups excluding carboxylic acids is 2. The van der Waals surface area contributed by atoms with E-state index in [0.29, 0.717) is 5.69 Å². The van der Waals surface area contributed by atoms with E-state index < -0.39 is 15.9 Å². The molecule has 0 radical (unpaired) electrons. The molecule has 3 aromatic rings. The third-order valence-corrected chi connectivity index (χ3v) is 6.22. The van der Waals surface area contributed by atoms with Gasteiger partial charge in [0, 0.05) is 12.6 Å². The minimum atomic E-state index is -4.16. The molecule has 1 atom stereocenters. The molecule has 0 saturated heterocycles. The fourth-order valence-electron chi connectivity index (χ4n) is 3.24. The Labute approximate surface area is 193 Å². The van der Waals surface area contributed by atoms with Crippen molar-refractivity contribution in [1.82, 2.24) is 5.32 Å². The molecular formula is C24H25N3O5S. The second kappa shape index (κ2) is 10.2. The van der Waals surface area contributed by atoms with Crippen LogP contribution in [0.1, 0.15) is 35.8 Å². The highest BCUT2D eigenvalue weighted by molar-refractivity contribution is 7.92. The van der Waals surface area contributed by atoms with Crippen molar-refractivity contribution in [3.8, 4) is 5.75 Å². The van der Waals surface area contributed by atoms with Gasteiger partial charge in [-0.2, -0.15) is 0 Å². The molecule has 9 heteroatoms. The van der Waals surface area contributed by atoms with Crippen LogP contribution in [0.3, 0.4) is 0 Å². The van der Waals surface area contributed by atoms with Gasteiger partial charge in [0.1, 0.15) is 10.6 Å². The van der Waals surface area contributed by atoms with E-state index in [2.05, 4.69) is 15.4 Å². The summed E-state index contributed by atoms with van der Waals surface area (Å²) in [7, 11) is -2.81. The van der Waals surface area contributed by atoms with Crippen molar-refractivity contribution in [1.29, 1.82) is 0 Å². The average molecular weight is 468 g/mol. The van der Waals surface area contributed by atoms with E-state index in [9.17, 15) is 18.0 Å². The van der Waals surface area contributed by atoms with Crippen LogP contribution in [-0.4, -0.2) is 27.3 Å². The number of amides is 2. The van der Waals surface area contributed by atoms with Crippen LogP contribution in [0.15, 0.2) is 77.7 Å². The summed E-state index contributed by atoms with van der Waals surface area (Å²) in [6, 6.07) is 19.7. The van der Waals surface area contributed by atoms with Crippen molar-refractivity contribution in [2.24, 2.45) is 0 Å².